The first-order chi connectivity index (χ1) is 8.22. The monoisotopic (exact) mass is 235 g/mol. The van der Waals surface area contributed by atoms with Gasteiger partial charge in [-0.15, -0.1) is 0 Å². The van der Waals surface area contributed by atoms with Crippen molar-refractivity contribution in [3.05, 3.63) is 29.8 Å². The molecule has 94 valence electrons. The Morgan fingerprint density at radius 1 is 1.47 bits per heavy atom. The molecular formula is C14H21NO2. The Morgan fingerprint density at radius 2 is 2.24 bits per heavy atom. The standard InChI is InChI=1S/C14H21NO2/c1-11(17-2)10-15-9-5-8-14(16)12-6-3-4-7-13(12)15/h3-4,6-7,11,14,16H,5,8-10H2,1-2H3. The van der Waals surface area contributed by atoms with Gasteiger partial charge in [0.2, 0.25) is 0 Å². The van der Waals surface area contributed by atoms with Gasteiger partial charge >= 0.3 is 0 Å². The van der Waals surface area contributed by atoms with Gasteiger partial charge in [0, 0.05) is 31.5 Å². The molecule has 0 spiro atoms. The largest absolute Gasteiger partial charge is 0.388 e. The van der Waals surface area contributed by atoms with E-state index in [2.05, 4.69) is 17.9 Å². The van der Waals surface area contributed by atoms with E-state index in [1.165, 1.54) is 0 Å². The van der Waals surface area contributed by atoms with E-state index in [0.717, 1.165) is 37.2 Å². The van der Waals surface area contributed by atoms with Gasteiger partial charge in [0.1, 0.15) is 0 Å². The Hall–Kier alpha value is -1.06. The van der Waals surface area contributed by atoms with E-state index in [1.54, 1.807) is 7.11 Å². The Labute approximate surface area is 103 Å². The molecule has 1 N–H and O–H groups in total. The number of nitrogens with zero attached hydrogens (tertiary/aromatic N) is 1. The van der Waals surface area contributed by atoms with Crippen molar-refractivity contribution < 1.29 is 9.84 Å². The molecule has 0 bridgehead atoms. The minimum atomic E-state index is -0.325. The molecule has 1 aromatic rings. The normalized spacial score (nSPS) is 21.8. The van der Waals surface area contributed by atoms with Crippen LogP contribution in [0.3, 0.4) is 0 Å². The summed E-state index contributed by atoms with van der Waals surface area (Å²) >= 11 is 0. The Bertz CT molecular complexity index is 367. The summed E-state index contributed by atoms with van der Waals surface area (Å²) in [7, 11) is 1.74. The van der Waals surface area contributed by atoms with Gasteiger partial charge in [-0.2, -0.15) is 0 Å². The zero-order valence-corrected chi connectivity index (χ0v) is 10.6. The van der Waals surface area contributed by atoms with Crippen LogP contribution in [-0.4, -0.2) is 31.4 Å². The summed E-state index contributed by atoms with van der Waals surface area (Å²) in [6.07, 6.45) is 1.74. The van der Waals surface area contributed by atoms with Gasteiger partial charge in [-0.25, -0.2) is 0 Å². The SMILES string of the molecule is COC(C)CN1CCCC(O)c2ccccc21. The van der Waals surface area contributed by atoms with Crippen molar-refractivity contribution in [3.63, 3.8) is 0 Å². The lowest BCUT2D eigenvalue weighted by molar-refractivity contribution is 0.123. The highest BCUT2D eigenvalue weighted by atomic mass is 16.5. The zero-order chi connectivity index (χ0) is 12.3. The van der Waals surface area contributed by atoms with Gasteiger partial charge in [-0.1, -0.05) is 18.2 Å². The molecule has 2 unspecified atom stereocenters. The van der Waals surface area contributed by atoms with Crippen LogP contribution >= 0.6 is 0 Å². The smallest absolute Gasteiger partial charge is 0.0810 e. The van der Waals surface area contributed by atoms with Crippen LogP contribution in [-0.2, 0) is 4.74 Å². The number of ether oxygens (including phenoxy) is 1. The van der Waals surface area contributed by atoms with Gasteiger partial charge in [0.15, 0.2) is 0 Å². The lowest BCUT2D eigenvalue weighted by Gasteiger charge is -2.27. The molecule has 0 saturated heterocycles. The van der Waals surface area contributed by atoms with Gasteiger partial charge < -0.3 is 14.7 Å². The fourth-order valence-corrected chi connectivity index (χ4v) is 2.38. The molecule has 1 aromatic carbocycles. The quantitative estimate of drug-likeness (QED) is 0.873. The molecule has 3 heteroatoms. The molecule has 1 aliphatic heterocycles. The molecule has 0 radical (unpaired) electrons. The van der Waals surface area contributed by atoms with E-state index >= 15 is 0 Å². The molecule has 0 aromatic heterocycles. The molecule has 0 aliphatic carbocycles. The molecule has 2 rings (SSSR count). The minimum Gasteiger partial charge on any atom is -0.388 e. The maximum Gasteiger partial charge on any atom is 0.0810 e. The fourth-order valence-electron chi connectivity index (χ4n) is 2.38. The molecular weight excluding hydrogens is 214 g/mol. The Balaban J connectivity index is 2.25. The highest BCUT2D eigenvalue weighted by Gasteiger charge is 2.21. The van der Waals surface area contributed by atoms with Crippen LogP contribution < -0.4 is 4.90 Å². The number of aliphatic hydroxyl groups excluding tert-OH is 1. The first kappa shape index (κ1) is 12.4. The van der Waals surface area contributed by atoms with Crippen LogP contribution in [0.2, 0.25) is 0 Å². The van der Waals surface area contributed by atoms with Crippen molar-refractivity contribution in [3.8, 4) is 0 Å². The second-order valence-electron chi connectivity index (χ2n) is 4.71. The number of para-hydroxylation sites is 1. The highest BCUT2D eigenvalue weighted by molar-refractivity contribution is 5.55. The van der Waals surface area contributed by atoms with Crippen LogP contribution in [0.5, 0.6) is 0 Å². The number of methoxy groups -OCH3 is 1. The molecule has 1 aliphatic rings. The van der Waals surface area contributed by atoms with E-state index in [-0.39, 0.29) is 12.2 Å². The van der Waals surface area contributed by atoms with E-state index in [4.69, 9.17) is 4.74 Å². The third kappa shape index (κ3) is 2.79. The predicted molar refractivity (Wildman–Crippen MR) is 69.3 cm³/mol. The Morgan fingerprint density at radius 3 is 3.00 bits per heavy atom. The highest BCUT2D eigenvalue weighted by Crippen LogP contribution is 2.32. The summed E-state index contributed by atoms with van der Waals surface area (Å²) in [5.74, 6) is 0. The topological polar surface area (TPSA) is 32.7 Å². The number of anilines is 1. The second-order valence-corrected chi connectivity index (χ2v) is 4.71. The van der Waals surface area contributed by atoms with Gasteiger partial charge in [0.25, 0.3) is 0 Å². The average Bonchev–Trinajstić information content (AvgIpc) is 2.51. The molecule has 0 amide bonds. The van der Waals surface area contributed by atoms with Crippen molar-refractivity contribution in [1.82, 2.24) is 0 Å². The number of hydrogen-bond acceptors (Lipinski definition) is 3. The third-order valence-corrected chi connectivity index (χ3v) is 3.42. The van der Waals surface area contributed by atoms with Crippen LogP contribution in [0.4, 0.5) is 5.69 Å². The predicted octanol–water partition coefficient (Wildman–Crippen LogP) is 2.36. The number of fused-ring (bicyclic) bond motifs is 1. The summed E-state index contributed by atoms with van der Waals surface area (Å²) in [6.45, 7) is 3.94. The number of benzene rings is 1. The van der Waals surface area contributed by atoms with Crippen molar-refractivity contribution in [2.45, 2.75) is 32.0 Å². The fraction of sp³-hybridized carbons (Fsp3) is 0.571. The summed E-state index contributed by atoms with van der Waals surface area (Å²) in [4.78, 5) is 2.32. The van der Waals surface area contributed by atoms with E-state index in [9.17, 15) is 5.11 Å². The van der Waals surface area contributed by atoms with Crippen molar-refractivity contribution in [2.75, 3.05) is 25.1 Å². The summed E-state index contributed by atoms with van der Waals surface area (Å²) < 4.78 is 5.33. The molecule has 0 saturated carbocycles. The lowest BCUT2D eigenvalue weighted by Crippen LogP contribution is -2.32. The average molecular weight is 235 g/mol. The molecule has 2 atom stereocenters. The number of hydrogen-bond donors (Lipinski definition) is 1. The zero-order valence-electron chi connectivity index (χ0n) is 10.6. The van der Waals surface area contributed by atoms with Crippen LogP contribution in [0, 0.1) is 0 Å². The van der Waals surface area contributed by atoms with Gasteiger partial charge in [-0.05, 0) is 25.8 Å². The first-order valence-corrected chi connectivity index (χ1v) is 6.27. The van der Waals surface area contributed by atoms with Crippen LogP contribution in [0.25, 0.3) is 0 Å². The Kier molecular flexibility index (Phi) is 4.02. The third-order valence-electron chi connectivity index (χ3n) is 3.42. The molecule has 17 heavy (non-hydrogen) atoms. The van der Waals surface area contributed by atoms with Crippen molar-refractivity contribution >= 4 is 5.69 Å². The van der Waals surface area contributed by atoms with Crippen LogP contribution in [0.15, 0.2) is 24.3 Å². The summed E-state index contributed by atoms with van der Waals surface area (Å²) in [5, 5.41) is 10.1. The van der Waals surface area contributed by atoms with Gasteiger partial charge in [-0.3, -0.25) is 0 Å². The minimum absolute atomic E-state index is 0.207. The molecule has 0 fully saturated rings. The van der Waals surface area contributed by atoms with E-state index in [1.807, 2.05) is 18.2 Å². The van der Waals surface area contributed by atoms with Crippen LogP contribution in [0.1, 0.15) is 31.4 Å². The van der Waals surface area contributed by atoms with Gasteiger partial charge in [0.05, 0.1) is 12.2 Å². The number of aliphatic hydroxyl groups is 1. The van der Waals surface area contributed by atoms with Crippen molar-refractivity contribution in [2.24, 2.45) is 0 Å². The first-order valence-electron chi connectivity index (χ1n) is 6.27. The molecule has 3 nitrogen and oxygen atoms in total. The molecule has 1 heterocycles. The maximum atomic E-state index is 10.1. The van der Waals surface area contributed by atoms with E-state index in [0.29, 0.717) is 0 Å². The lowest BCUT2D eigenvalue weighted by atomic mass is 10.0. The summed E-state index contributed by atoms with van der Waals surface area (Å²) in [6, 6.07) is 8.13. The van der Waals surface area contributed by atoms with E-state index < -0.39 is 0 Å². The maximum absolute atomic E-state index is 10.1. The number of rotatable bonds is 3. The summed E-state index contributed by atoms with van der Waals surface area (Å²) in [5.41, 5.74) is 2.20. The van der Waals surface area contributed by atoms with Crippen molar-refractivity contribution in [1.29, 1.82) is 0 Å². The second kappa shape index (κ2) is 5.52.